The zero-order valence-electron chi connectivity index (χ0n) is 18.6. The van der Waals surface area contributed by atoms with E-state index in [2.05, 4.69) is 0 Å². The van der Waals surface area contributed by atoms with E-state index in [1.165, 1.54) is 18.2 Å². The second-order valence-corrected chi connectivity index (χ2v) is 7.86. The van der Waals surface area contributed by atoms with Gasteiger partial charge >= 0.3 is 5.97 Å². The quantitative estimate of drug-likeness (QED) is 0.365. The lowest BCUT2D eigenvalue weighted by Gasteiger charge is -2.21. The Hall–Kier alpha value is -3.75. The van der Waals surface area contributed by atoms with E-state index in [0.29, 0.717) is 33.4 Å². The van der Waals surface area contributed by atoms with Crippen LogP contribution in [0, 0.1) is 11.6 Å². The summed E-state index contributed by atoms with van der Waals surface area (Å²) in [4.78, 5) is 11.4. The minimum absolute atomic E-state index is 0.00835. The number of aromatic carboxylic acids is 1. The first kappa shape index (κ1) is 23.4. The number of hydrogen-bond acceptors (Lipinski definition) is 4. The highest BCUT2D eigenvalue weighted by Crippen LogP contribution is 2.44. The molecule has 1 aromatic heterocycles. The van der Waals surface area contributed by atoms with Crippen LogP contribution in [0.5, 0.6) is 5.75 Å². The molecule has 0 amide bonds. The molecule has 0 radical (unpaired) electrons. The third-order valence-corrected chi connectivity index (χ3v) is 5.71. The van der Waals surface area contributed by atoms with E-state index in [4.69, 9.17) is 9.47 Å². The smallest absolute Gasteiger partial charge is 0.335 e. The van der Waals surface area contributed by atoms with E-state index in [0.717, 1.165) is 12.1 Å². The molecule has 0 spiro atoms. The number of phenols is 1. The molecule has 1 heterocycles. The molecular formula is C26H23F2NO5. The van der Waals surface area contributed by atoms with E-state index in [9.17, 15) is 23.8 Å². The van der Waals surface area contributed by atoms with Crippen molar-refractivity contribution in [3.8, 4) is 22.6 Å². The zero-order valence-corrected chi connectivity index (χ0v) is 18.6. The van der Waals surface area contributed by atoms with Gasteiger partial charge in [-0.3, -0.25) is 0 Å². The van der Waals surface area contributed by atoms with Crippen LogP contribution in [-0.2, 0) is 9.47 Å². The molecule has 0 atom stereocenters. The van der Waals surface area contributed by atoms with E-state index >= 15 is 0 Å². The predicted molar refractivity (Wildman–Crippen MR) is 124 cm³/mol. The monoisotopic (exact) mass is 467 g/mol. The number of nitrogens with zero attached hydrogens (tertiary/aromatic N) is 1. The van der Waals surface area contributed by atoms with Gasteiger partial charge in [-0.05, 0) is 42.0 Å². The number of fused-ring (bicyclic) bond motifs is 1. The summed E-state index contributed by atoms with van der Waals surface area (Å²) >= 11 is 0. The van der Waals surface area contributed by atoms with Crippen LogP contribution in [0.25, 0.3) is 27.7 Å². The first-order valence-corrected chi connectivity index (χ1v) is 10.5. The second-order valence-electron chi connectivity index (χ2n) is 7.86. The minimum atomic E-state index is -1.06. The average molecular weight is 467 g/mol. The number of benzene rings is 3. The molecule has 0 bridgehead atoms. The summed E-state index contributed by atoms with van der Waals surface area (Å²) in [6, 6.07) is 14.8. The SMILES string of the molecule is COCC(COC)c1c(-c2ccc(C(=O)O)cc2)c2c(O)cccc2n1-c1ccc(F)c(F)c1. The van der Waals surface area contributed by atoms with E-state index < -0.39 is 17.6 Å². The molecule has 0 fully saturated rings. The maximum Gasteiger partial charge on any atom is 0.335 e. The fourth-order valence-corrected chi connectivity index (χ4v) is 4.31. The zero-order chi connectivity index (χ0) is 24.4. The Labute approximate surface area is 194 Å². The lowest BCUT2D eigenvalue weighted by Crippen LogP contribution is -2.17. The molecule has 0 saturated heterocycles. The molecule has 0 aliphatic heterocycles. The highest BCUT2D eigenvalue weighted by atomic mass is 19.2. The van der Waals surface area contributed by atoms with Crippen molar-refractivity contribution < 1.29 is 33.3 Å². The molecule has 4 aromatic rings. The molecule has 3 aromatic carbocycles. The van der Waals surface area contributed by atoms with Crippen molar-refractivity contribution in [3.63, 3.8) is 0 Å². The minimum Gasteiger partial charge on any atom is -0.507 e. The Morgan fingerprint density at radius 3 is 2.24 bits per heavy atom. The third kappa shape index (κ3) is 4.13. The number of aromatic hydroxyl groups is 1. The molecule has 0 aliphatic carbocycles. The van der Waals surface area contributed by atoms with Crippen molar-refractivity contribution in [2.45, 2.75) is 5.92 Å². The Morgan fingerprint density at radius 2 is 1.65 bits per heavy atom. The van der Waals surface area contributed by atoms with Crippen LogP contribution in [0.2, 0.25) is 0 Å². The highest BCUT2D eigenvalue weighted by Gasteiger charge is 2.28. The lowest BCUT2D eigenvalue weighted by atomic mass is 9.94. The number of phenolic OH excluding ortho intramolecular Hbond substituents is 1. The van der Waals surface area contributed by atoms with E-state index in [1.54, 1.807) is 49.1 Å². The fraction of sp³-hybridized carbons (Fsp3) is 0.192. The highest BCUT2D eigenvalue weighted by molar-refractivity contribution is 6.03. The van der Waals surface area contributed by atoms with Crippen LogP contribution in [0.4, 0.5) is 8.78 Å². The number of aromatic nitrogens is 1. The number of carboxylic acids is 1. The summed E-state index contributed by atoms with van der Waals surface area (Å²) in [5.41, 5.74) is 2.95. The Kier molecular flexibility index (Phi) is 6.63. The molecule has 2 N–H and O–H groups in total. The van der Waals surface area contributed by atoms with Gasteiger partial charge in [0.1, 0.15) is 5.75 Å². The van der Waals surface area contributed by atoms with Crippen molar-refractivity contribution in [2.75, 3.05) is 27.4 Å². The normalized spacial score (nSPS) is 11.4. The number of ether oxygens (including phenoxy) is 2. The first-order valence-electron chi connectivity index (χ1n) is 10.5. The van der Waals surface area contributed by atoms with Gasteiger partial charge in [0.15, 0.2) is 11.6 Å². The van der Waals surface area contributed by atoms with Crippen LogP contribution >= 0.6 is 0 Å². The Balaban J connectivity index is 2.13. The van der Waals surface area contributed by atoms with Crippen LogP contribution < -0.4 is 0 Å². The van der Waals surface area contributed by atoms with Gasteiger partial charge in [0.05, 0.1) is 24.3 Å². The fourth-order valence-electron chi connectivity index (χ4n) is 4.31. The van der Waals surface area contributed by atoms with Gasteiger partial charge < -0.3 is 24.3 Å². The topological polar surface area (TPSA) is 80.9 Å². The maximum atomic E-state index is 14.3. The molecule has 0 saturated carbocycles. The number of rotatable bonds is 8. The maximum absolute atomic E-state index is 14.3. The van der Waals surface area contributed by atoms with Crippen molar-refractivity contribution in [2.24, 2.45) is 0 Å². The van der Waals surface area contributed by atoms with E-state index in [1.807, 2.05) is 0 Å². The summed E-state index contributed by atoms with van der Waals surface area (Å²) in [5, 5.41) is 20.7. The Morgan fingerprint density at radius 1 is 0.971 bits per heavy atom. The summed E-state index contributed by atoms with van der Waals surface area (Å²) in [6.07, 6.45) is 0. The molecule has 0 unspecified atom stereocenters. The van der Waals surface area contributed by atoms with Crippen LogP contribution in [0.3, 0.4) is 0 Å². The van der Waals surface area contributed by atoms with E-state index in [-0.39, 0.29) is 30.4 Å². The van der Waals surface area contributed by atoms with Gasteiger partial charge in [-0.15, -0.1) is 0 Å². The van der Waals surface area contributed by atoms with Crippen LogP contribution in [-0.4, -0.2) is 48.2 Å². The Bertz CT molecular complexity index is 1340. The van der Waals surface area contributed by atoms with Gasteiger partial charge in [0.25, 0.3) is 0 Å². The summed E-state index contributed by atoms with van der Waals surface area (Å²) < 4.78 is 40.7. The molecule has 4 rings (SSSR count). The van der Waals surface area contributed by atoms with Crippen molar-refractivity contribution in [1.82, 2.24) is 4.57 Å². The van der Waals surface area contributed by atoms with Gasteiger partial charge in [-0.2, -0.15) is 0 Å². The van der Waals surface area contributed by atoms with Crippen molar-refractivity contribution in [1.29, 1.82) is 0 Å². The van der Waals surface area contributed by atoms with Gasteiger partial charge in [0.2, 0.25) is 0 Å². The largest absolute Gasteiger partial charge is 0.507 e. The molecular weight excluding hydrogens is 444 g/mol. The molecule has 176 valence electrons. The van der Waals surface area contributed by atoms with Gasteiger partial charge in [-0.25, -0.2) is 13.6 Å². The van der Waals surface area contributed by atoms with Crippen molar-refractivity contribution >= 4 is 16.9 Å². The summed E-state index contributed by atoms with van der Waals surface area (Å²) in [5.74, 6) is -3.40. The molecule has 0 aliphatic rings. The number of carbonyl (C=O) groups is 1. The molecule has 34 heavy (non-hydrogen) atoms. The number of halogens is 2. The lowest BCUT2D eigenvalue weighted by molar-refractivity contribution is 0.0697. The number of hydrogen-bond donors (Lipinski definition) is 2. The van der Waals surface area contributed by atoms with Crippen LogP contribution in [0.15, 0.2) is 60.7 Å². The first-order chi connectivity index (χ1) is 16.4. The average Bonchev–Trinajstić information content (AvgIpc) is 3.17. The van der Waals surface area contributed by atoms with Crippen molar-refractivity contribution in [3.05, 3.63) is 83.6 Å². The second kappa shape index (κ2) is 9.62. The number of methoxy groups -OCH3 is 2. The predicted octanol–water partition coefficient (Wildman–Crippen LogP) is 5.36. The van der Waals surface area contributed by atoms with Gasteiger partial charge in [0, 0.05) is 48.5 Å². The van der Waals surface area contributed by atoms with Crippen LogP contribution in [0.1, 0.15) is 22.0 Å². The number of carboxylic acid groups (broad SMARTS) is 1. The third-order valence-electron chi connectivity index (χ3n) is 5.71. The standard InChI is InChI=1S/C26H23F2NO5/c1-33-13-17(14-34-2)25-23(15-6-8-16(9-7-15)26(31)32)24-21(4-3-5-22(24)30)29(25)18-10-11-19(27)20(28)12-18/h3-12,17,30H,13-14H2,1-2H3,(H,31,32). The van der Waals surface area contributed by atoms with Gasteiger partial charge in [-0.1, -0.05) is 18.2 Å². The summed E-state index contributed by atoms with van der Waals surface area (Å²) in [7, 11) is 3.10. The molecule has 8 heteroatoms. The summed E-state index contributed by atoms with van der Waals surface area (Å²) in [6.45, 7) is 0.490. The molecule has 6 nitrogen and oxygen atoms in total.